The molecule has 0 aromatic heterocycles. The predicted molar refractivity (Wildman–Crippen MR) is 239 cm³/mol. The molecule has 0 saturated heterocycles. The molecule has 294 valence electrons. The van der Waals surface area contributed by atoms with Gasteiger partial charge < -0.3 is 4.74 Å². The van der Waals surface area contributed by atoms with E-state index < -0.39 is 8.07 Å². The number of rotatable bonds is 5. The second kappa shape index (κ2) is 13.8. The van der Waals surface area contributed by atoms with Gasteiger partial charge in [0, 0.05) is 5.57 Å². The monoisotopic (exact) mass is 745 g/mol. The van der Waals surface area contributed by atoms with Crippen LogP contribution in [0.2, 0.25) is 24.2 Å². The quantitative estimate of drug-likeness (QED) is 0.277. The minimum Gasteiger partial charge on any atom is -0.496 e. The number of allylic oxidation sites excluding steroid dienone is 7. The molecule has 4 aliphatic rings. The SMILES string of the molecule is COC1=C(c2cc(C(C)(C)C)cc(C(C)(C)C)c2)C2CC(C)C([Si](C)(C)C3C(C)CC4C(c5ccc(C(C)(C)C)cc5)=CC(C)=CC43)C2C=C1C(C)(C)C. The van der Waals surface area contributed by atoms with Gasteiger partial charge in [-0.15, -0.1) is 0 Å². The van der Waals surface area contributed by atoms with Gasteiger partial charge in [-0.2, -0.15) is 0 Å². The highest BCUT2D eigenvalue weighted by Gasteiger charge is 2.59. The molecule has 2 saturated carbocycles. The molecule has 1 nitrogen and oxygen atoms in total. The highest BCUT2D eigenvalue weighted by atomic mass is 28.3. The molecular weight excluding hydrogens is 669 g/mol. The molecule has 0 spiro atoms. The highest BCUT2D eigenvalue weighted by molar-refractivity contribution is 6.80. The minimum atomic E-state index is -1.89. The van der Waals surface area contributed by atoms with Gasteiger partial charge >= 0.3 is 0 Å². The first-order valence-electron chi connectivity index (χ1n) is 21.4. The van der Waals surface area contributed by atoms with Crippen LogP contribution in [0.15, 0.2) is 77.6 Å². The summed E-state index contributed by atoms with van der Waals surface area (Å²) >= 11 is 0. The summed E-state index contributed by atoms with van der Waals surface area (Å²) in [7, 11) is 0.0458. The molecule has 0 heterocycles. The third kappa shape index (κ3) is 7.36. The van der Waals surface area contributed by atoms with Crippen LogP contribution in [0.3, 0.4) is 0 Å². The normalized spacial score (nSPS) is 29.4. The van der Waals surface area contributed by atoms with E-state index in [1.165, 1.54) is 57.4 Å². The highest BCUT2D eigenvalue weighted by Crippen LogP contribution is 2.66. The van der Waals surface area contributed by atoms with Crippen molar-refractivity contribution in [3.8, 4) is 0 Å². The Morgan fingerprint density at radius 3 is 1.54 bits per heavy atom. The molecular formula is C52H76OSi. The van der Waals surface area contributed by atoms with E-state index in [1.54, 1.807) is 5.57 Å². The summed E-state index contributed by atoms with van der Waals surface area (Å²) in [4.78, 5) is 0. The van der Waals surface area contributed by atoms with E-state index in [4.69, 9.17) is 4.74 Å². The van der Waals surface area contributed by atoms with Gasteiger partial charge in [-0.1, -0.05) is 176 Å². The molecule has 4 aliphatic carbocycles. The summed E-state index contributed by atoms with van der Waals surface area (Å²) in [6, 6.07) is 17.2. The number of ether oxygens (including phenoxy) is 1. The average Bonchev–Trinajstić information content (AvgIpc) is 3.57. The van der Waals surface area contributed by atoms with Gasteiger partial charge in [0.1, 0.15) is 5.76 Å². The first-order chi connectivity index (χ1) is 24.7. The van der Waals surface area contributed by atoms with E-state index in [1.807, 2.05) is 7.11 Å². The molecule has 54 heavy (non-hydrogen) atoms. The predicted octanol–water partition coefficient (Wildman–Crippen LogP) is 15.0. The van der Waals surface area contributed by atoms with Crippen molar-refractivity contribution in [3.05, 3.63) is 105 Å². The molecule has 6 rings (SSSR count). The van der Waals surface area contributed by atoms with Crippen molar-refractivity contribution in [2.24, 2.45) is 40.9 Å². The van der Waals surface area contributed by atoms with Gasteiger partial charge in [-0.05, 0) is 127 Å². The Morgan fingerprint density at radius 2 is 1.07 bits per heavy atom. The van der Waals surface area contributed by atoms with E-state index in [0.29, 0.717) is 41.0 Å². The maximum absolute atomic E-state index is 6.60. The Bertz CT molecular complexity index is 1830. The molecule has 2 fully saturated rings. The van der Waals surface area contributed by atoms with Gasteiger partial charge in [0.15, 0.2) is 0 Å². The molecule has 0 radical (unpaired) electrons. The molecule has 0 N–H and O–H groups in total. The Morgan fingerprint density at radius 1 is 0.593 bits per heavy atom. The van der Waals surface area contributed by atoms with Crippen molar-refractivity contribution in [2.45, 2.75) is 157 Å². The Balaban J connectivity index is 1.44. The topological polar surface area (TPSA) is 9.23 Å². The van der Waals surface area contributed by atoms with Crippen LogP contribution >= 0.6 is 0 Å². The van der Waals surface area contributed by atoms with Crippen LogP contribution in [-0.4, -0.2) is 15.2 Å². The number of hydrogen-bond acceptors (Lipinski definition) is 1. The molecule has 0 amide bonds. The largest absolute Gasteiger partial charge is 0.496 e. The van der Waals surface area contributed by atoms with Crippen LogP contribution in [0.25, 0.3) is 11.1 Å². The van der Waals surface area contributed by atoms with Gasteiger partial charge in [-0.25, -0.2) is 0 Å². The van der Waals surface area contributed by atoms with Crippen molar-refractivity contribution in [1.82, 2.24) is 0 Å². The fourth-order valence-corrected chi connectivity index (χ4v) is 18.3. The van der Waals surface area contributed by atoms with Crippen LogP contribution in [0.5, 0.6) is 0 Å². The molecule has 2 heteroatoms. The third-order valence-corrected chi connectivity index (χ3v) is 19.8. The van der Waals surface area contributed by atoms with E-state index in [-0.39, 0.29) is 21.7 Å². The summed E-state index contributed by atoms with van der Waals surface area (Å²) in [5.74, 6) is 4.74. The van der Waals surface area contributed by atoms with Gasteiger partial charge in [0.25, 0.3) is 0 Å². The Hall–Kier alpha value is -2.58. The number of fused-ring (bicyclic) bond motifs is 2. The van der Waals surface area contributed by atoms with Crippen LogP contribution in [0.4, 0.5) is 0 Å². The maximum atomic E-state index is 6.60. The third-order valence-electron chi connectivity index (χ3n) is 14.5. The van der Waals surface area contributed by atoms with Gasteiger partial charge in [-0.3, -0.25) is 0 Å². The molecule has 0 bridgehead atoms. The smallest absolute Gasteiger partial charge is 0.126 e. The van der Waals surface area contributed by atoms with Crippen molar-refractivity contribution in [3.63, 3.8) is 0 Å². The molecule has 2 aromatic carbocycles. The zero-order valence-electron chi connectivity index (χ0n) is 37.7. The summed E-state index contributed by atoms with van der Waals surface area (Å²) < 4.78 is 6.60. The molecule has 2 aromatic rings. The maximum Gasteiger partial charge on any atom is 0.126 e. The van der Waals surface area contributed by atoms with Crippen molar-refractivity contribution in [1.29, 1.82) is 0 Å². The molecule has 8 unspecified atom stereocenters. The standard InChI is InChI=1S/C52H76OSi/c1-31-23-39(34-19-21-36(22-20-34)49(4,5)6)40-25-32(2)47(42(40)24-31)54(17,18)48-33(3)26-41-43(48)30-44(52(13,14)15)46(53-16)45(41)35-27-37(50(7,8)9)29-38(28-35)51(10,11)12/h19-24,27-30,32-33,40-43,47-48H,25-26H2,1-18H3. The van der Waals surface area contributed by atoms with Crippen molar-refractivity contribution < 1.29 is 4.74 Å². The van der Waals surface area contributed by atoms with Crippen molar-refractivity contribution in [2.75, 3.05) is 7.11 Å². The first kappa shape index (κ1) is 41.1. The summed E-state index contributed by atoms with van der Waals surface area (Å²) in [5, 5.41) is 0. The number of methoxy groups -OCH3 is 1. The number of hydrogen-bond donors (Lipinski definition) is 0. The number of benzene rings is 2. The van der Waals surface area contributed by atoms with Crippen LogP contribution in [0.1, 0.15) is 145 Å². The van der Waals surface area contributed by atoms with Gasteiger partial charge in [0.05, 0.1) is 15.2 Å². The average molecular weight is 745 g/mol. The van der Waals surface area contributed by atoms with Crippen LogP contribution in [0, 0.1) is 40.9 Å². The fourth-order valence-electron chi connectivity index (χ4n) is 12.0. The van der Waals surface area contributed by atoms with E-state index >= 15 is 0 Å². The lowest BCUT2D eigenvalue weighted by Gasteiger charge is -2.47. The zero-order valence-corrected chi connectivity index (χ0v) is 38.7. The summed E-state index contributed by atoms with van der Waals surface area (Å²) in [6.45, 7) is 41.6. The van der Waals surface area contributed by atoms with Gasteiger partial charge in [0.2, 0.25) is 0 Å². The minimum absolute atomic E-state index is 0.0185. The fraction of sp³-hybridized carbons (Fsp3) is 0.615. The zero-order chi connectivity index (χ0) is 40.1. The second-order valence-electron chi connectivity index (χ2n) is 23.1. The van der Waals surface area contributed by atoms with Crippen molar-refractivity contribution >= 4 is 19.2 Å². The van der Waals surface area contributed by atoms with Crippen LogP contribution < -0.4 is 0 Å². The Kier molecular flexibility index (Phi) is 10.5. The first-order valence-corrected chi connectivity index (χ1v) is 24.6. The molecule has 8 atom stereocenters. The lowest BCUT2D eigenvalue weighted by atomic mass is 9.70. The summed E-state index contributed by atoms with van der Waals surface area (Å²) in [5.41, 5.74) is 14.8. The van der Waals surface area contributed by atoms with E-state index in [0.717, 1.165) is 11.3 Å². The Labute approximate surface area is 333 Å². The second-order valence-corrected chi connectivity index (χ2v) is 28.1. The molecule has 0 aliphatic heterocycles. The van der Waals surface area contributed by atoms with Crippen LogP contribution in [-0.2, 0) is 21.0 Å². The lowest BCUT2D eigenvalue weighted by Crippen LogP contribution is -2.46. The summed E-state index contributed by atoms with van der Waals surface area (Å²) in [6.07, 6.45) is 10.5. The van der Waals surface area contributed by atoms with E-state index in [9.17, 15) is 0 Å². The van der Waals surface area contributed by atoms with E-state index in [2.05, 4.69) is 178 Å². The lowest BCUT2D eigenvalue weighted by molar-refractivity contribution is 0.274.